The van der Waals surface area contributed by atoms with Crippen LogP contribution in [0, 0.1) is 0 Å². The average Bonchev–Trinajstić information content (AvgIpc) is 3.62. The van der Waals surface area contributed by atoms with Crippen LogP contribution in [0.4, 0.5) is 0 Å². The van der Waals surface area contributed by atoms with Crippen molar-refractivity contribution in [3.8, 4) is 28.8 Å². The second-order valence-corrected chi connectivity index (χ2v) is 9.50. The number of thiophene rings is 1. The molecule has 0 spiro atoms. The van der Waals surface area contributed by atoms with Crippen LogP contribution in [0.3, 0.4) is 0 Å². The smallest absolute Gasteiger partial charge is 0.231 e. The molecule has 0 unspecified atom stereocenters. The summed E-state index contributed by atoms with van der Waals surface area (Å²) < 4.78 is 19.2. The molecule has 1 aliphatic carbocycles. The minimum Gasteiger partial charge on any atom is -0.493 e. The van der Waals surface area contributed by atoms with Crippen LogP contribution in [0.25, 0.3) is 15.9 Å². The van der Waals surface area contributed by atoms with Gasteiger partial charge in [0, 0.05) is 29.4 Å². The predicted octanol–water partition coefficient (Wildman–Crippen LogP) is 5.77. The number of aryl methyl sites for hydroxylation is 2. The number of imidazole rings is 1. The Labute approximate surface area is 207 Å². The summed E-state index contributed by atoms with van der Waals surface area (Å²) in [5.41, 5.74) is 3.41. The lowest BCUT2D eigenvalue weighted by atomic mass is 10.1. The van der Waals surface area contributed by atoms with Gasteiger partial charge in [-0.2, -0.15) is 4.98 Å². The van der Waals surface area contributed by atoms with E-state index in [0.29, 0.717) is 23.8 Å². The van der Waals surface area contributed by atoms with Gasteiger partial charge in [0.05, 0.1) is 25.9 Å². The summed E-state index contributed by atoms with van der Waals surface area (Å²) >= 11 is 1.76. The van der Waals surface area contributed by atoms with Crippen molar-refractivity contribution in [1.82, 2.24) is 19.5 Å². The van der Waals surface area contributed by atoms with E-state index in [9.17, 15) is 0 Å². The van der Waals surface area contributed by atoms with E-state index < -0.39 is 0 Å². The molecule has 1 aliphatic rings. The van der Waals surface area contributed by atoms with Crippen LogP contribution in [0.5, 0.6) is 23.1 Å². The normalized spacial score (nSPS) is 12.6. The van der Waals surface area contributed by atoms with Crippen molar-refractivity contribution >= 4 is 21.6 Å². The molecule has 0 amide bonds. The highest BCUT2D eigenvalue weighted by molar-refractivity contribution is 7.19. The number of hydrogen-bond acceptors (Lipinski definition) is 7. The maximum atomic E-state index is 6.39. The Hall–Kier alpha value is -3.91. The summed E-state index contributed by atoms with van der Waals surface area (Å²) in [6.07, 6.45) is 9.33. The number of fused-ring (bicyclic) bond motifs is 3. The second kappa shape index (κ2) is 9.03. The third-order valence-electron chi connectivity index (χ3n) is 6.24. The monoisotopic (exact) mass is 484 g/mol. The summed E-state index contributed by atoms with van der Waals surface area (Å²) in [6.45, 7) is 0. The molecule has 0 fully saturated rings. The topological polar surface area (TPSA) is 71.3 Å². The van der Waals surface area contributed by atoms with Crippen molar-refractivity contribution in [2.45, 2.75) is 25.7 Å². The molecular formula is C27H24N4O3S. The third-order valence-corrected chi connectivity index (χ3v) is 7.43. The molecule has 0 saturated carbocycles. The first-order valence-electron chi connectivity index (χ1n) is 11.5. The Morgan fingerprint density at radius 3 is 2.60 bits per heavy atom. The Kier molecular flexibility index (Phi) is 5.58. The lowest BCUT2D eigenvalue weighted by Gasteiger charge is -2.11. The highest BCUT2D eigenvalue weighted by Gasteiger charge is 2.24. The third kappa shape index (κ3) is 4.10. The van der Waals surface area contributed by atoms with Gasteiger partial charge in [0.25, 0.3) is 0 Å². The van der Waals surface area contributed by atoms with Gasteiger partial charge in [-0.3, -0.25) is 0 Å². The van der Waals surface area contributed by atoms with Crippen molar-refractivity contribution in [2.75, 3.05) is 14.2 Å². The number of rotatable bonds is 7. The van der Waals surface area contributed by atoms with Crippen molar-refractivity contribution < 1.29 is 14.2 Å². The van der Waals surface area contributed by atoms with Gasteiger partial charge in [0.1, 0.15) is 16.4 Å². The average molecular weight is 485 g/mol. The Bertz CT molecular complexity index is 1490. The van der Waals surface area contributed by atoms with Gasteiger partial charge in [0.2, 0.25) is 5.88 Å². The number of aromatic nitrogens is 4. The number of ether oxygens (including phenoxy) is 3. The molecule has 0 bridgehead atoms. The fourth-order valence-corrected chi connectivity index (χ4v) is 5.81. The van der Waals surface area contributed by atoms with Crippen LogP contribution in [0.2, 0.25) is 0 Å². The molecule has 5 aromatic rings. The largest absolute Gasteiger partial charge is 0.493 e. The van der Waals surface area contributed by atoms with Crippen LogP contribution < -0.4 is 14.2 Å². The summed E-state index contributed by atoms with van der Waals surface area (Å²) in [4.78, 5) is 16.3. The maximum Gasteiger partial charge on any atom is 0.231 e. The molecular weight excluding hydrogens is 460 g/mol. The van der Waals surface area contributed by atoms with Gasteiger partial charge in [-0.25, -0.2) is 9.97 Å². The summed E-state index contributed by atoms with van der Waals surface area (Å²) in [5, 5.41) is 1.05. The van der Waals surface area contributed by atoms with E-state index in [2.05, 4.69) is 4.98 Å². The van der Waals surface area contributed by atoms with Gasteiger partial charge in [-0.1, -0.05) is 6.07 Å². The minimum atomic E-state index is 0.564. The Morgan fingerprint density at radius 1 is 0.971 bits per heavy atom. The van der Waals surface area contributed by atoms with Crippen LogP contribution in [0.1, 0.15) is 28.2 Å². The van der Waals surface area contributed by atoms with E-state index in [-0.39, 0.29) is 0 Å². The Morgan fingerprint density at radius 2 is 1.83 bits per heavy atom. The van der Waals surface area contributed by atoms with Gasteiger partial charge in [-0.15, -0.1) is 11.3 Å². The van der Waals surface area contributed by atoms with E-state index in [1.807, 2.05) is 53.2 Å². The summed E-state index contributed by atoms with van der Waals surface area (Å²) in [6, 6.07) is 13.8. The zero-order valence-electron chi connectivity index (χ0n) is 19.5. The number of methoxy groups -OCH3 is 2. The van der Waals surface area contributed by atoms with Crippen LogP contribution >= 0.6 is 11.3 Å². The number of benzene rings is 2. The molecule has 6 rings (SSSR count). The van der Waals surface area contributed by atoms with Crippen molar-refractivity contribution in [1.29, 1.82) is 0 Å². The van der Waals surface area contributed by atoms with E-state index in [4.69, 9.17) is 24.2 Å². The molecule has 8 heteroatoms. The lowest BCUT2D eigenvalue weighted by Crippen LogP contribution is -2.01. The first-order valence-corrected chi connectivity index (χ1v) is 12.3. The highest BCUT2D eigenvalue weighted by Crippen LogP contribution is 2.42. The maximum absolute atomic E-state index is 6.39. The van der Waals surface area contributed by atoms with Crippen LogP contribution in [-0.2, 0) is 19.3 Å². The molecule has 0 saturated heterocycles. The molecule has 176 valence electrons. The molecule has 7 nitrogen and oxygen atoms in total. The predicted molar refractivity (Wildman–Crippen MR) is 135 cm³/mol. The standard InChI is InChI=1S/C27H24N4O3S/c1-32-21-11-6-17(14-22(21)33-2)15-24-29-26(25-20-4-3-5-23(20)35-27(25)30-24)34-19-9-7-18(8-10-19)31-13-12-28-16-31/h6-14,16H,3-5,15H2,1-2H3. The Balaban J connectivity index is 1.36. The van der Waals surface area contributed by atoms with Crippen molar-refractivity contribution in [3.63, 3.8) is 0 Å². The zero-order chi connectivity index (χ0) is 23.8. The van der Waals surface area contributed by atoms with E-state index in [1.54, 1.807) is 38.1 Å². The van der Waals surface area contributed by atoms with Gasteiger partial charge < -0.3 is 18.8 Å². The van der Waals surface area contributed by atoms with Gasteiger partial charge >= 0.3 is 0 Å². The highest BCUT2D eigenvalue weighted by atomic mass is 32.1. The van der Waals surface area contributed by atoms with Crippen LogP contribution in [-0.4, -0.2) is 33.7 Å². The summed E-state index contributed by atoms with van der Waals surface area (Å²) in [5.74, 6) is 3.47. The lowest BCUT2D eigenvalue weighted by molar-refractivity contribution is 0.354. The molecule has 0 aliphatic heterocycles. The number of hydrogen-bond donors (Lipinski definition) is 0. The molecule has 3 aromatic heterocycles. The van der Waals surface area contributed by atoms with Gasteiger partial charge in [-0.05, 0) is 66.8 Å². The summed E-state index contributed by atoms with van der Waals surface area (Å²) in [7, 11) is 3.28. The molecule has 0 N–H and O–H groups in total. The minimum absolute atomic E-state index is 0.564. The molecule has 0 atom stereocenters. The van der Waals surface area contributed by atoms with E-state index in [1.165, 1.54) is 16.9 Å². The van der Waals surface area contributed by atoms with Crippen molar-refractivity contribution in [2.24, 2.45) is 0 Å². The second-order valence-electron chi connectivity index (χ2n) is 8.41. The fourth-order valence-electron chi connectivity index (χ4n) is 4.54. The molecule has 3 heterocycles. The van der Waals surface area contributed by atoms with E-state index in [0.717, 1.165) is 45.9 Å². The van der Waals surface area contributed by atoms with Gasteiger partial charge in [0.15, 0.2) is 11.5 Å². The first-order chi connectivity index (χ1) is 17.2. The molecule has 0 radical (unpaired) electrons. The quantitative estimate of drug-likeness (QED) is 0.292. The number of nitrogens with zero attached hydrogens (tertiary/aromatic N) is 4. The molecule has 2 aromatic carbocycles. The van der Waals surface area contributed by atoms with Crippen molar-refractivity contribution in [3.05, 3.63) is 83.0 Å². The molecule has 35 heavy (non-hydrogen) atoms. The fraction of sp³-hybridized carbons (Fsp3) is 0.222. The zero-order valence-corrected chi connectivity index (χ0v) is 20.3. The van der Waals surface area contributed by atoms with E-state index >= 15 is 0 Å². The SMILES string of the molecule is COc1ccc(Cc2nc(Oc3ccc(-n4ccnc4)cc3)c3c4c(sc3n2)CCC4)cc1OC. The first kappa shape index (κ1) is 21.6. The van der Waals surface area contributed by atoms with Crippen LogP contribution in [0.15, 0.2) is 61.2 Å².